The molecule has 0 saturated carbocycles. The molecular weight excluding hydrogens is 190 g/mol. The van der Waals surface area contributed by atoms with Crippen molar-refractivity contribution in [3.8, 4) is 0 Å². The van der Waals surface area contributed by atoms with Crippen molar-refractivity contribution in [1.82, 2.24) is 15.5 Å². The molecule has 1 rings (SSSR count). The van der Waals surface area contributed by atoms with E-state index in [4.69, 9.17) is 0 Å². The van der Waals surface area contributed by atoms with E-state index in [1.54, 1.807) is 0 Å². The van der Waals surface area contributed by atoms with Crippen molar-refractivity contribution in [2.45, 2.75) is 38.8 Å². The minimum Gasteiger partial charge on any atom is -0.352 e. The number of carbonyl (C=O) groups is 1. The summed E-state index contributed by atoms with van der Waals surface area (Å²) >= 11 is 0. The standard InChI is InChI=1S/C11H23N3O/c1-4-12-9(2)7-11(15)13-10-5-6-14(3)8-10/h9-10,12H,4-8H2,1-3H3,(H,13,15). The van der Waals surface area contributed by atoms with Crippen LogP contribution in [0, 0.1) is 0 Å². The Morgan fingerprint density at radius 1 is 1.60 bits per heavy atom. The van der Waals surface area contributed by atoms with Crippen molar-refractivity contribution in [2.75, 3.05) is 26.7 Å². The summed E-state index contributed by atoms with van der Waals surface area (Å²) in [6.07, 6.45) is 1.66. The fourth-order valence-electron chi connectivity index (χ4n) is 2.04. The zero-order valence-corrected chi connectivity index (χ0v) is 10.0. The number of nitrogens with one attached hydrogen (secondary N) is 2. The molecule has 0 aromatic carbocycles. The third-order valence-electron chi connectivity index (χ3n) is 2.80. The van der Waals surface area contributed by atoms with Crippen LogP contribution in [-0.4, -0.2) is 49.6 Å². The number of likely N-dealkylation sites (tertiary alicyclic amines) is 1. The zero-order chi connectivity index (χ0) is 11.3. The van der Waals surface area contributed by atoms with Crippen LogP contribution in [-0.2, 0) is 4.79 Å². The fourth-order valence-corrected chi connectivity index (χ4v) is 2.04. The van der Waals surface area contributed by atoms with E-state index >= 15 is 0 Å². The van der Waals surface area contributed by atoms with Gasteiger partial charge < -0.3 is 15.5 Å². The Kier molecular flexibility index (Phi) is 5.05. The quantitative estimate of drug-likeness (QED) is 0.685. The predicted octanol–water partition coefficient (Wildman–Crippen LogP) is 0.195. The summed E-state index contributed by atoms with van der Waals surface area (Å²) in [6.45, 7) is 7.10. The molecule has 1 aliphatic heterocycles. The van der Waals surface area contributed by atoms with E-state index in [0.29, 0.717) is 12.5 Å². The van der Waals surface area contributed by atoms with Crippen LogP contribution >= 0.6 is 0 Å². The summed E-state index contributed by atoms with van der Waals surface area (Å²) in [4.78, 5) is 13.9. The largest absolute Gasteiger partial charge is 0.352 e. The number of carbonyl (C=O) groups excluding carboxylic acids is 1. The Morgan fingerprint density at radius 3 is 2.87 bits per heavy atom. The van der Waals surface area contributed by atoms with Gasteiger partial charge in [0.05, 0.1) is 0 Å². The Morgan fingerprint density at radius 2 is 2.33 bits per heavy atom. The molecule has 4 nitrogen and oxygen atoms in total. The van der Waals surface area contributed by atoms with Crippen molar-refractivity contribution in [1.29, 1.82) is 0 Å². The van der Waals surface area contributed by atoms with E-state index in [1.165, 1.54) is 0 Å². The first kappa shape index (κ1) is 12.5. The normalized spacial score (nSPS) is 24.1. The summed E-state index contributed by atoms with van der Waals surface area (Å²) in [5.41, 5.74) is 0. The van der Waals surface area contributed by atoms with E-state index in [2.05, 4.69) is 29.5 Å². The molecule has 2 N–H and O–H groups in total. The third kappa shape index (κ3) is 4.62. The lowest BCUT2D eigenvalue weighted by atomic mass is 10.2. The highest BCUT2D eigenvalue weighted by atomic mass is 16.1. The molecule has 0 aliphatic carbocycles. The van der Waals surface area contributed by atoms with Crippen LogP contribution in [0.4, 0.5) is 0 Å². The molecule has 2 unspecified atom stereocenters. The second-order valence-electron chi connectivity index (χ2n) is 4.48. The minimum absolute atomic E-state index is 0.170. The SMILES string of the molecule is CCNC(C)CC(=O)NC1CCN(C)C1. The monoisotopic (exact) mass is 213 g/mol. The molecule has 0 radical (unpaired) electrons. The molecule has 1 heterocycles. The van der Waals surface area contributed by atoms with Gasteiger partial charge in [0.25, 0.3) is 0 Å². The molecule has 2 atom stereocenters. The highest BCUT2D eigenvalue weighted by molar-refractivity contribution is 5.76. The zero-order valence-electron chi connectivity index (χ0n) is 10.0. The van der Waals surface area contributed by atoms with Crippen molar-refractivity contribution in [3.05, 3.63) is 0 Å². The maximum Gasteiger partial charge on any atom is 0.221 e. The first-order chi connectivity index (χ1) is 7.11. The van der Waals surface area contributed by atoms with Gasteiger partial charge >= 0.3 is 0 Å². The van der Waals surface area contributed by atoms with Gasteiger partial charge in [0.1, 0.15) is 0 Å². The van der Waals surface area contributed by atoms with E-state index in [0.717, 1.165) is 26.1 Å². The molecule has 15 heavy (non-hydrogen) atoms. The minimum atomic E-state index is 0.170. The molecule has 0 aromatic rings. The molecule has 0 bridgehead atoms. The Labute approximate surface area is 92.4 Å². The smallest absolute Gasteiger partial charge is 0.221 e. The number of amides is 1. The molecule has 1 saturated heterocycles. The van der Waals surface area contributed by atoms with Crippen molar-refractivity contribution in [2.24, 2.45) is 0 Å². The van der Waals surface area contributed by atoms with E-state index < -0.39 is 0 Å². The van der Waals surface area contributed by atoms with Crippen LogP contribution in [0.3, 0.4) is 0 Å². The molecule has 1 aliphatic rings. The van der Waals surface area contributed by atoms with Gasteiger partial charge in [0, 0.05) is 25.0 Å². The summed E-state index contributed by atoms with van der Waals surface area (Å²) in [6, 6.07) is 0.630. The van der Waals surface area contributed by atoms with Gasteiger partial charge in [-0.2, -0.15) is 0 Å². The number of likely N-dealkylation sites (N-methyl/N-ethyl adjacent to an activating group) is 1. The molecule has 4 heteroatoms. The van der Waals surface area contributed by atoms with E-state index in [1.807, 2.05) is 6.92 Å². The van der Waals surface area contributed by atoms with Crippen LogP contribution in [0.15, 0.2) is 0 Å². The molecule has 88 valence electrons. The van der Waals surface area contributed by atoms with Gasteiger partial charge in [0.15, 0.2) is 0 Å². The maximum absolute atomic E-state index is 11.6. The second-order valence-corrected chi connectivity index (χ2v) is 4.48. The van der Waals surface area contributed by atoms with Gasteiger partial charge in [-0.3, -0.25) is 4.79 Å². The molecule has 0 spiro atoms. The van der Waals surface area contributed by atoms with Gasteiger partial charge in [-0.15, -0.1) is 0 Å². The van der Waals surface area contributed by atoms with Crippen LogP contribution in [0.2, 0.25) is 0 Å². The molecule has 1 fully saturated rings. The van der Waals surface area contributed by atoms with E-state index in [9.17, 15) is 4.79 Å². The molecule has 0 aromatic heterocycles. The molecular formula is C11H23N3O. The van der Waals surface area contributed by atoms with Crippen molar-refractivity contribution >= 4 is 5.91 Å². The van der Waals surface area contributed by atoms with Gasteiger partial charge in [0.2, 0.25) is 5.91 Å². The lowest BCUT2D eigenvalue weighted by Gasteiger charge is -2.16. The Hall–Kier alpha value is -0.610. The van der Waals surface area contributed by atoms with E-state index in [-0.39, 0.29) is 11.9 Å². The summed E-state index contributed by atoms with van der Waals surface area (Å²) in [5.74, 6) is 0.170. The summed E-state index contributed by atoms with van der Waals surface area (Å²) in [5, 5.41) is 6.32. The maximum atomic E-state index is 11.6. The third-order valence-corrected chi connectivity index (χ3v) is 2.80. The number of nitrogens with zero attached hydrogens (tertiary/aromatic N) is 1. The number of hydrogen-bond acceptors (Lipinski definition) is 3. The highest BCUT2D eigenvalue weighted by Crippen LogP contribution is 2.06. The average Bonchev–Trinajstić information content (AvgIpc) is 2.51. The van der Waals surface area contributed by atoms with Crippen molar-refractivity contribution in [3.63, 3.8) is 0 Å². The lowest BCUT2D eigenvalue weighted by Crippen LogP contribution is -2.40. The average molecular weight is 213 g/mol. The number of hydrogen-bond donors (Lipinski definition) is 2. The van der Waals surface area contributed by atoms with Gasteiger partial charge in [-0.1, -0.05) is 6.92 Å². The van der Waals surface area contributed by atoms with Gasteiger partial charge in [-0.25, -0.2) is 0 Å². The summed E-state index contributed by atoms with van der Waals surface area (Å²) in [7, 11) is 2.09. The molecule has 1 amide bonds. The van der Waals surface area contributed by atoms with Crippen molar-refractivity contribution < 1.29 is 4.79 Å². The summed E-state index contributed by atoms with van der Waals surface area (Å²) < 4.78 is 0. The lowest BCUT2D eigenvalue weighted by molar-refractivity contribution is -0.122. The predicted molar refractivity (Wildman–Crippen MR) is 61.8 cm³/mol. The second kappa shape index (κ2) is 6.08. The Bertz CT molecular complexity index is 208. The van der Waals surface area contributed by atoms with Gasteiger partial charge in [-0.05, 0) is 33.5 Å². The van der Waals surface area contributed by atoms with Crippen LogP contribution < -0.4 is 10.6 Å². The first-order valence-corrected chi connectivity index (χ1v) is 5.83. The highest BCUT2D eigenvalue weighted by Gasteiger charge is 2.21. The van der Waals surface area contributed by atoms with Crippen LogP contribution in [0.25, 0.3) is 0 Å². The topological polar surface area (TPSA) is 44.4 Å². The first-order valence-electron chi connectivity index (χ1n) is 5.83. The van der Waals surface area contributed by atoms with Crippen LogP contribution in [0.5, 0.6) is 0 Å². The number of rotatable bonds is 5. The fraction of sp³-hybridized carbons (Fsp3) is 0.909. The Balaban J connectivity index is 2.18. The van der Waals surface area contributed by atoms with Crippen LogP contribution in [0.1, 0.15) is 26.7 Å².